The minimum atomic E-state index is -0.234. The van der Waals surface area contributed by atoms with Gasteiger partial charge in [-0.15, -0.1) is 0 Å². The lowest BCUT2D eigenvalue weighted by Crippen LogP contribution is -2.58. The van der Waals surface area contributed by atoms with Crippen molar-refractivity contribution in [3.8, 4) is 0 Å². The molecule has 0 saturated heterocycles. The van der Waals surface area contributed by atoms with Crippen LogP contribution in [0, 0.1) is 46.3 Å². The Kier molecular flexibility index (Phi) is 5.87. The number of primary amides is 1. The molecule has 0 aromatic carbocycles. The van der Waals surface area contributed by atoms with Gasteiger partial charge >= 0.3 is 0 Å². The summed E-state index contributed by atoms with van der Waals surface area (Å²) in [7, 11) is 0. The molecule has 0 aromatic heterocycles. The zero-order valence-electron chi connectivity index (χ0n) is 19.0. The summed E-state index contributed by atoms with van der Waals surface area (Å²) in [5.41, 5.74) is 14.8. The molecule has 0 aromatic rings. The number of nitrogens with two attached hydrogens (primary N) is 1. The predicted molar refractivity (Wildman–Crippen MR) is 117 cm³/mol. The van der Waals surface area contributed by atoms with E-state index in [4.69, 9.17) is 11.3 Å². The van der Waals surface area contributed by atoms with E-state index in [0.717, 1.165) is 32.1 Å². The molecule has 30 heavy (non-hydrogen) atoms. The van der Waals surface area contributed by atoms with Gasteiger partial charge in [0.2, 0.25) is 5.91 Å². The average Bonchev–Trinajstić information content (AvgIpc) is 3.04. The molecule has 1 amide bonds. The van der Waals surface area contributed by atoms with Crippen LogP contribution in [0.3, 0.4) is 0 Å². The standard InChI is InChI=1S/C24H40N4O2/c1-14(4-7-21(25)30)17-5-6-18-22-19(9-11-24(17,18)3)23(2)10-8-16(27-28-26)12-15(23)13-20(22)29/h14-20,22,29H,4-13H2,1-3H3,(H2,25,30)/t14-,15+,16+,17-,18+,19+,20-,22+,23+,24-/m1/s1. The van der Waals surface area contributed by atoms with Crippen LogP contribution in [0.25, 0.3) is 10.4 Å². The maximum Gasteiger partial charge on any atom is 0.217 e. The fraction of sp³-hybridized carbons (Fsp3) is 0.958. The van der Waals surface area contributed by atoms with Crippen molar-refractivity contribution in [2.45, 2.75) is 97.1 Å². The Hall–Kier alpha value is -1.26. The van der Waals surface area contributed by atoms with Crippen LogP contribution in [-0.4, -0.2) is 23.2 Å². The third-order valence-electron chi connectivity index (χ3n) is 10.5. The van der Waals surface area contributed by atoms with Gasteiger partial charge in [-0.2, -0.15) is 0 Å². The zero-order valence-corrected chi connectivity index (χ0v) is 19.0. The first-order valence-corrected chi connectivity index (χ1v) is 12.2. The zero-order chi connectivity index (χ0) is 21.7. The predicted octanol–water partition coefficient (Wildman–Crippen LogP) is 5.20. The van der Waals surface area contributed by atoms with Crippen LogP contribution in [0.15, 0.2) is 5.11 Å². The fourth-order valence-corrected chi connectivity index (χ4v) is 8.92. The number of hydrogen-bond acceptors (Lipinski definition) is 3. The number of aliphatic hydroxyl groups is 1. The summed E-state index contributed by atoms with van der Waals surface area (Å²) < 4.78 is 0. The lowest BCUT2D eigenvalue weighted by atomic mass is 9.43. The molecule has 4 rings (SSSR count). The molecular weight excluding hydrogens is 376 g/mol. The van der Waals surface area contributed by atoms with Gasteiger partial charge in [-0.3, -0.25) is 4.79 Å². The topological polar surface area (TPSA) is 112 Å². The monoisotopic (exact) mass is 416 g/mol. The molecule has 6 nitrogen and oxygen atoms in total. The minimum absolute atomic E-state index is 0.104. The van der Waals surface area contributed by atoms with Gasteiger partial charge in [0.25, 0.3) is 0 Å². The van der Waals surface area contributed by atoms with Crippen molar-refractivity contribution in [3.63, 3.8) is 0 Å². The number of amides is 1. The molecular formula is C24H40N4O2. The second kappa shape index (κ2) is 8.02. The first kappa shape index (κ1) is 22.0. The van der Waals surface area contributed by atoms with E-state index in [9.17, 15) is 9.90 Å². The van der Waals surface area contributed by atoms with Crippen molar-refractivity contribution >= 4 is 5.91 Å². The van der Waals surface area contributed by atoms with E-state index >= 15 is 0 Å². The number of azide groups is 1. The van der Waals surface area contributed by atoms with E-state index in [2.05, 4.69) is 30.8 Å². The van der Waals surface area contributed by atoms with E-state index in [0.29, 0.717) is 41.9 Å². The van der Waals surface area contributed by atoms with Gasteiger partial charge in [-0.1, -0.05) is 25.9 Å². The van der Waals surface area contributed by atoms with E-state index in [-0.39, 0.29) is 28.9 Å². The molecule has 0 spiro atoms. The lowest BCUT2D eigenvalue weighted by molar-refractivity contribution is -0.166. The van der Waals surface area contributed by atoms with Gasteiger partial charge in [0.15, 0.2) is 0 Å². The van der Waals surface area contributed by atoms with Crippen LogP contribution in [0.4, 0.5) is 0 Å². The average molecular weight is 417 g/mol. The van der Waals surface area contributed by atoms with Crippen LogP contribution in [0.5, 0.6) is 0 Å². The summed E-state index contributed by atoms with van der Waals surface area (Å²) >= 11 is 0. The third kappa shape index (κ3) is 3.44. The van der Waals surface area contributed by atoms with Crippen molar-refractivity contribution in [1.29, 1.82) is 0 Å². The van der Waals surface area contributed by atoms with Crippen molar-refractivity contribution in [3.05, 3.63) is 10.4 Å². The van der Waals surface area contributed by atoms with Gasteiger partial charge in [-0.05, 0) is 110 Å². The highest BCUT2D eigenvalue weighted by molar-refractivity contribution is 5.73. The summed E-state index contributed by atoms with van der Waals surface area (Å²) in [6.45, 7) is 7.25. The van der Waals surface area contributed by atoms with Crippen molar-refractivity contribution in [2.24, 2.45) is 57.2 Å². The van der Waals surface area contributed by atoms with Crippen LogP contribution in [-0.2, 0) is 4.79 Å². The maximum atomic E-state index is 11.4. The summed E-state index contributed by atoms with van der Waals surface area (Å²) in [5, 5.41) is 15.4. The number of nitrogens with zero attached hydrogens (tertiary/aromatic N) is 3. The van der Waals surface area contributed by atoms with Crippen molar-refractivity contribution in [2.75, 3.05) is 0 Å². The van der Waals surface area contributed by atoms with Crippen molar-refractivity contribution < 1.29 is 9.90 Å². The molecule has 4 fully saturated rings. The van der Waals surface area contributed by atoms with Gasteiger partial charge in [-0.25, -0.2) is 0 Å². The smallest absolute Gasteiger partial charge is 0.217 e. The van der Waals surface area contributed by atoms with Crippen LogP contribution in [0.1, 0.15) is 85.0 Å². The van der Waals surface area contributed by atoms with E-state index in [1.54, 1.807) is 0 Å². The number of aliphatic hydroxyl groups excluding tert-OH is 1. The Bertz CT molecular complexity index is 722. The summed E-state index contributed by atoms with van der Waals surface area (Å²) in [5.74, 6) is 2.97. The van der Waals surface area contributed by atoms with Crippen molar-refractivity contribution in [1.82, 2.24) is 0 Å². The van der Waals surface area contributed by atoms with Gasteiger partial charge in [0.05, 0.1) is 6.10 Å². The number of carbonyl (C=O) groups excluding carboxylic acids is 1. The largest absolute Gasteiger partial charge is 0.393 e. The molecule has 0 heterocycles. The number of rotatable bonds is 5. The summed E-state index contributed by atoms with van der Waals surface area (Å²) in [6.07, 6.45) is 9.92. The highest BCUT2D eigenvalue weighted by atomic mass is 16.3. The Balaban J connectivity index is 1.54. The Morgan fingerprint density at radius 1 is 1.17 bits per heavy atom. The molecule has 3 N–H and O–H groups in total. The Labute approximate surface area is 181 Å². The number of carbonyl (C=O) groups is 1. The molecule has 0 bridgehead atoms. The highest BCUT2D eigenvalue weighted by Gasteiger charge is 2.62. The lowest BCUT2D eigenvalue weighted by Gasteiger charge is -2.62. The Morgan fingerprint density at radius 3 is 2.57 bits per heavy atom. The summed E-state index contributed by atoms with van der Waals surface area (Å²) in [6, 6.07) is 0.104. The molecule has 0 unspecified atom stereocenters. The quantitative estimate of drug-likeness (QED) is 0.365. The molecule has 168 valence electrons. The van der Waals surface area contributed by atoms with Crippen LogP contribution >= 0.6 is 0 Å². The molecule has 4 aliphatic rings. The SMILES string of the molecule is C[C@H](CCC(N)=O)[C@H]1CC[C@H]2[C@@H]3[C@H](O)C[C@@H]4C[C@@H](N=[N+]=[N-])CC[C@]4(C)[C@H]3CC[C@]12C. The normalized spacial score (nSPS) is 48.6. The first-order chi connectivity index (χ1) is 14.2. The molecule has 4 aliphatic carbocycles. The van der Waals surface area contributed by atoms with E-state index < -0.39 is 0 Å². The number of fused-ring (bicyclic) bond motifs is 5. The highest BCUT2D eigenvalue weighted by Crippen LogP contribution is 2.68. The molecule has 6 heteroatoms. The summed E-state index contributed by atoms with van der Waals surface area (Å²) in [4.78, 5) is 14.4. The molecule has 0 radical (unpaired) electrons. The molecule has 4 saturated carbocycles. The fourth-order valence-electron chi connectivity index (χ4n) is 8.92. The first-order valence-electron chi connectivity index (χ1n) is 12.2. The van der Waals surface area contributed by atoms with Crippen LogP contribution in [0.2, 0.25) is 0 Å². The van der Waals surface area contributed by atoms with Crippen LogP contribution < -0.4 is 5.73 Å². The second-order valence-electron chi connectivity index (χ2n) is 11.6. The van der Waals surface area contributed by atoms with E-state index in [1.165, 1.54) is 25.7 Å². The second-order valence-corrected chi connectivity index (χ2v) is 11.6. The molecule has 10 atom stereocenters. The van der Waals surface area contributed by atoms with E-state index in [1.807, 2.05) is 0 Å². The van der Waals surface area contributed by atoms with Gasteiger partial charge < -0.3 is 10.8 Å². The van der Waals surface area contributed by atoms with Gasteiger partial charge in [0.1, 0.15) is 0 Å². The molecule has 0 aliphatic heterocycles. The maximum absolute atomic E-state index is 11.4. The van der Waals surface area contributed by atoms with Gasteiger partial charge in [0, 0.05) is 17.4 Å². The third-order valence-corrected chi connectivity index (χ3v) is 10.5. The number of hydrogen-bond donors (Lipinski definition) is 2. The minimum Gasteiger partial charge on any atom is -0.393 e. The Morgan fingerprint density at radius 2 is 1.87 bits per heavy atom.